The lowest BCUT2D eigenvalue weighted by molar-refractivity contribution is 0.0281. The zero-order chi connectivity index (χ0) is 28.2. The Morgan fingerprint density at radius 2 is 1.25 bits per heavy atom. The van der Waals surface area contributed by atoms with Gasteiger partial charge in [0.1, 0.15) is 11.2 Å². The van der Waals surface area contributed by atoms with Crippen molar-refractivity contribution in [2.45, 2.75) is 77.4 Å². The molecule has 0 aliphatic rings. The number of benzene rings is 1. The Kier molecular flexibility index (Phi) is 14.0. The second kappa shape index (κ2) is 15.0. The molecule has 0 unspecified atom stereocenters. The van der Waals surface area contributed by atoms with E-state index in [1.54, 1.807) is 47.0 Å². The van der Waals surface area contributed by atoms with Crippen LogP contribution < -0.4 is 0 Å². The molecule has 0 heterocycles. The molecular formula is C25H44N2O8S. The van der Waals surface area contributed by atoms with Gasteiger partial charge < -0.3 is 24.4 Å². The molecule has 0 saturated carbocycles. The molecule has 0 bridgehead atoms. The minimum atomic E-state index is -3.76. The molecule has 0 spiro atoms. The van der Waals surface area contributed by atoms with Crippen LogP contribution >= 0.6 is 0 Å². The van der Waals surface area contributed by atoms with E-state index in [1.807, 2.05) is 27.7 Å². The standard InChI is InChI=1S/C16H25NO5S.C9H19NO3/c1-13-7-9-14(10-8-13)23(19,20)21-12-6-11-17(5)15(18)22-16(2,3)4;1-9(2,3)13-8(12)10(4)6-5-7-11/h7-10H,6,11-12H2,1-5H3;11H,5-7H2,1-4H3. The van der Waals surface area contributed by atoms with Crippen molar-refractivity contribution in [1.82, 2.24) is 9.80 Å². The summed E-state index contributed by atoms with van der Waals surface area (Å²) < 4.78 is 39.3. The van der Waals surface area contributed by atoms with E-state index in [-0.39, 0.29) is 24.2 Å². The number of aliphatic hydroxyl groups excluding tert-OH is 1. The van der Waals surface area contributed by atoms with Crippen LogP contribution in [-0.4, -0.2) is 87.1 Å². The molecule has 0 atom stereocenters. The van der Waals surface area contributed by atoms with Crippen molar-refractivity contribution in [3.8, 4) is 0 Å². The maximum absolute atomic E-state index is 12.0. The topological polar surface area (TPSA) is 123 Å². The van der Waals surface area contributed by atoms with Crippen molar-refractivity contribution < 1.29 is 36.8 Å². The van der Waals surface area contributed by atoms with Gasteiger partial charge in [-0.3, -0.25) is 4.18 Å². The second-order valence-electron chi connectivity index (χ2n) is 10.3. The Bertz CT molecular complexity index is 903. The SMILES string of the molecule is CN(CCCO)C(=O)OC(C)(C)C.Cc1ccc(S(=O)(=O)OCCCN(C)C(=O)OC(C)(C)C)cc1. The zero-order valence-electron chi connectivity index (χ0n) is 23.2. The average molecular weight is 533 g/mol. The number of aryl methyl sites for hydroxylation is 1. The fourth-order valence-corrected chi connectivity index (χ4v) is 3.36. The van der Waals surface area contributed by atoms with Crippen molar-refractivity contribution in [2.24, 2.45) is 0 Å². The summed E-state index contributed by atoms with van der Waals surface area (Å²) in [4.78, 5) is 26.0. The van der Waals surface area contributed by atoms with E-state index in [0.717, 1.165) is 5.56 Å². The lowest BCUT2D eigenvalue weighted by atomic mass is 10.2. The van der Waals surface area contributed by atoms with Gasteiger partial charge in [-0.15, -0.1) is 0 Å². The van der Waals surface area contributed by atoms with E-state index in [2.05, 4.69) is 0 Å². The monoisotopic (exact) mass is 532 g/mol. The molecule has 0 aromatic heterocycles. The predicted octanol–water partition coefficient (Wildman–Crippen LogP) is 4.19. The highest BCUT2D eigenvalue weighted by molar-refractivity contribution is 7.86. The highest BCUT2D eigenvalue weighted by Crippen LogP contribution is 2.14. The third kappa shape index (κ3) is 15.6. The van der Waals surface area contributed by atoms with Gasteiger partial charge in [0.2, 0.25) is 0 Å². The largest absolute Gasteiger partial charge is 0.444 e. The summed E-state index contributed by atoms with van der Waals surface area (Å²) in [5.41, 5.74) is -0.0378. The number of hydrogen-bond acceptors (Lipinski definition) is 8. The summed E-state index contributed by atoms with van der Waals surface area (Å²) in [6, 6.07) is 6.45. The van der Waals surface area contributed by atoms with Crippen LogP contribution in [0.15, 0.2) is 29.2 Å². The van der Waals surface area contributed by atoms with Crippen molar-refractivity contribution >= 4 is 22.3 Å². The van der Waals surface area contributed by atoms with E-state index in [4.69, 9.17) is 18.8 Å². The van der Waals surface area contributed by atoms with Crippen LogP contribution in [0.4, 0.5) is 9.59 Å². The minimum absolute atomic E-state index is 0.00332. The Morgan fingerprint density at radius 3 is 1.64 bits per heavy atom. The maximum atomic E-state index is 12.0. The van der Waals surface area contributed by atoms with Gasteiger partial charge in [-0.1, -0.05) is 17.7 Å². The molecule has 0 aliphatic heterocycles. The number of rotatable bonds is 9. The maximum Gasteiger partial charge on any atom is 0.410 e. The number of hydrogen-bond donors (Lipinski definition) is 1. The van der Waals surface area contributed by atoms with Crippen LogP contribution in [0.2, 0.25) is 0 Å². The van der Waals surface area contributed by atoms with Gasteiger partial charge in [0.05, 0.1) is 11.5 Å². The molecule has 0 aliphatic carbocycles. The fraction of sp³-hybridized carbons (Fsp3) is 0.680. The third-order valence-corrected chi connectivity index (χ3v) is 5.57. The molecule has 1 N–H and O–H groups in total. The minimum Gasteiger partial charge on any atom is -0.444 e. The Balaban J connectivity index is 0.000000802. The molecule has 0 saturated heterocycles. The predicted molar refractivity (Wildman–Crippen MR) is 138 cm³/mol. The van der Waals surface area contributed by atoms with Gasteiger partial charge in [0.15, 0.2) is 0 Å². The molecule has 1 aromatic carbocycles. The highest BCUT2D eigenvalue weighted by Gasteiger charge is 2.20. The average Bonchev–Trinajstić information content (AvgIpc) is 2.73. The highest BCUT2D eigenvalue weighted by atomic mass is 32.2. The summed E-state index contributed by atoms with van der Waals surface area (Å²) in [5, 5.41) is 8.55. The molecule has 36 heavy (non-hydrogen) atoms. The van der Waals surface area contributed by atoms with Crippen LogP contribution in [0, 0.1) is 6.92 Å². The van der Waals surface area contributed by atoms with E-state index in [0.29, 0.717) is 25.9 Å². The van der Waals surface area contributed by atoms with Gasteiger partial charge in [-0.05, 0) is 73.4 Å². The Morgan fingerprint density at radius 1 is 0.833 bits per heavy atom. The molecule has 2 amide bonds. The van der Waals surface area contributed by atoms with Crippen LogP contribution in [0.1, 0.15) is 59.9 Å². The fourth-order valence-electron chi connectivity index (χ4n) is 2.41. The Hall–Kier alpha value is -2.37. The molecule has 0 radical (unpaired) electrons. The third-order valence-electron chi connectivity index (χ3n) is 4.25. The first-order chi connectivity index (χ1) is 16.4. The number of carbonyl (C=O) groups is 2. The molecule has 10 nitrogen and oxygen atoms in total. The van der Waals surface area contributed by atoms with Crippen LogP contribution in [-0.2, 0) is 23.8 Å². The molecule has 1 aromatic rings. The molecule has 1 rings (SSSR count). The summed E-state index contributed by atoms with van der Waals surface area (Å²) in [7, 11) is -0.502. The van der Waals surface area contributed by atoms with E-state index >= 15 is 0 Å². The summed E-state index contributed by atoms with van der Waals surface area (Å²) in [6.07, 6.45) is 0.177. The Labute approximate surface area is 216 Å². The summed E-state index contributed by atoms with van der Waals surface area (Å²) in [6.45, 7) is 13.7. The molecule has 11 heteroatoms. The van der Waals surface area contributed by atoms with Crippen molar-refractivity contribution in [1.29, 1.82) is 0 Å². The number of carbonyl (C=O) groups excluding carboxylic acids is 2. The molecular weight excluding hydrogens is 488 g/mol. The van der Waals surface area contributed by atoms with Gasteiger partial charge in [-0.2, -0.15) is 8.42 Å². The lowest BCUT2D eigenvalue weighted by Gasteiger charge is -2.24. The number of aliphatic hydroxyl groups is 1. The second-order valence-corrected chi connectivity index (χ2v) is 11.9. The number of amides is 2. The number of ether oxygens (including phenoxy) is 2. The first kappa shape index (κ1) is 33.6. The van der Waals surface area contributed by atoms with Crippen LogP contribution in [0.5, 0.6) is 0 Å². The summed E-state index contributed by atoms with van der Waals surface area (Å²) >= 11 is 0. The van der Waals surface area contributed by atoms with Crippen LogP contribution in [0.3, 0.4) is 0 Å². The molecule has 0 fully saturated rings. The van der Waals surface area contributed by atoms with E-state index in [1.165, 1.54) is 21.9 Å². The zero-order valence-corrected chi connectivity index (χ0v) is 24.0. The van der Waals surface area contributed by atoms with Gasteiger partial charge >= 0.3 is 12.2 Å². The van der Waals surface area contributed by atoms with Crippen LogP contribution in [0.25, 0.3) is 0 Å². The van der Waals surface area contributed by atoms with E-state index < -0.39 is 27.4 Å². The van der Waals surface area contributed by atoms with E-state index in [9.17, 15) is 18.0 Å². The smallest absolute Gasteiger partial charge is 0.410 e. The first-order valence-corrected chi connectivity index (χ1v) is 13.2. The first-order valence-electron chi connectivity index (χ1n) is 11.8. The molecule has 208 valence electrons. The van der Waals surface area contributed by atoms with Crippen molar-refractivity contribution in [3.05, 3.63) is 29.8 Å². The lowest BCUT2D eigenvalue weighted by Crippen LogP contribution is -2.35. The summed E-state index contributed by atoms with van der Waals surface area (Å²) in [5.74, 6) is 0. The van der Waals surface area contributed by atoms with Crippen molar-refractivity contribution in [2.75, 3.05) is 40.4 Å². The number of nitrogens with zero attached hydrogens (tertiary/aromatic N) is 2. The van der Waals surface area contributed by atoms with Gasteiger partial charge in [0, 0.05) is 33.8 Å². The normalized spacial score (nSPS) is 11.7. The quantitative estimate of drug-likeness (QED) is 0.371. The van der Waals surface area contributed by atoms with Gasteiger partial charge in [0.25, 0.3) is 10.1 Å². The van der Waals surface area contributed by atoms with Gasteiger partial charge in [-0.25, -0.2) is 9.59 Å². The van der Waals surface area contributed by atoms with Crippen molar-refractivity contribution in [3.63, 3.8) is 0 Å².